The molecule has 2 heterocycles. The van der Waals surface area contributed by atoms with Gasteiger partial charge in [0, 0.05) is 50.9 Å². The molecule has 0 bridgehead atoms. The van der Waals surface area contributed by atoms with Crippen molar-refractivity contribution in [2.45, 2.75) is 64.0 Å². The lowest BCUT2D eigenvalue weighted by Crippen LogP contribution is -2.45. The molecule has 31 heavy (non-hydrogen) atoms. The van der Waals surface area contributed by atoms with Gasteiger partial charge in [-0.3, -0.25) is 9.79 Å². The minimum atomic E-state index is 0. The second kappa shape index (κ2) is 11.9. The maximum atomic E-state index is 12.8. The van der Waals surface area contributed by atoms with Crippen LogP contribution in [0.3, 0.4) is 0 Å². The third-order valence-corrected chi connectivity index (χ3v) is 6.44. The largest absolute Gasteiger partial charge is 0.477 e. The van der Waals surface area contributed by atoms with E-state index < -0.39 is 0 Å². The molecule has 2 aliphatic carbocycles. The SMILES string of the molecule is CN=C(NCc1ccc(OCC2CC2)nc1)NC1CCN(C(=O)C2CCCCC2)C1.I. The fraction of sp³-hybridized carbons (Fsp3) is 0.696. The number of nitrogens with one attached hydrogen (secondary N) is 2. The molecule has 0 spiro atoms. The van der Waals surface area contributed by atoms with Crippen LogP contribution in [0.5, 0.6) is 5.88 Å². The summed E-state index contributed by atoms with van der Waals surface area (Å²) in [4.78, 5) is 23.5. The van der Waals surface area contributed by atoms with Crippen molar-refractivity contribution in [2.24, 2.45) is 16.8 Å². The molecule has 2 saturated carbocycles. The molecule has 2 N–H and O–H groups in total. The van der Waals surface area contributed by atoms with Crippen molar-refractivity contribution in [3.63, 3.8) is 0 Å². The number of hydrogen-bond acceptors (Lipinski definition) is 4. The number of likely N-dealkylation sites (tertiary alicyclic amines) is 1. The van der Waals surface area contributed by atoms with E-state index in [1.807, 2.05) is 23.2 Å². The summed E-state index contributed by atoms with van der Waals surface area (Å²) in [7, 11) is 1.78. The molecule has 0 aromatic carbocycles. The summed E-state index contributed by atoms with van der Waals surface area (Å²) < 4.78 is 5.69. The van der Waals surface area contributed by atoms with Gasteiger partial charge < -0.3 is 20.3 Å². The molecule has 0 radical (unpaired) electrons. The van der Waals surface area contributed by atoms with Crippen LogP contribution in [0.4, 0.5) is 0 Å². The number of guanidine groups is 1. The Labute approximate surface area is 202 Å². The zero-order chi connectivity index (χ0) is 20.8. The highest BCUT2D eigenvalue weighted by molar-refractivity contribution is 14.0. The quantitative estimate of drug-likeness (QED) is 0.315. The summed E-state index contributed by atoms with van der Waals surface area (Å²) in [6, 6.07) is 4.22. The number of ether oxygens (including phenoxy) is 1. The predicted molar refractivity (Wildman–Crippen MR) is 133 cm³/mol. The highest BCUT2D eigenvalue weighted by atomic mass is 127. The summed E-state index contributed by atoms with van der Waals surface area (Å²) in [5.74, 6) is 2.80. The highest BCUT2D eigenvalue weighted by Gasteiger charge is 2.31. The van der Waals surface area contributed by atoms with Crippen LogP contribution in [-0.2, 0) is 11.3 Å². The van der Waals surface area contributed by atoms with Crippen molar-refractivity contribution in [3.05, 3.63) is 23.9 Å². The fourth-order valence-corrected chi connectivity index (χ4v) is 4.35. The molecule has 1 atom stereocenters. The van der Waals surface area contributed by atoms with E-state index in [4.69, 9.17) is 4.74 Å². The summed E-state index contributed by atoms with van der Waals surface area (Å²) in [6.45, 7) is 3.04. The Morgan fingerprint density at radius 2 is 2.00 bits per heavy atom. The molecule has 7 nitrogen and oxygen atoms in total. The maximum Gasteiger partial charge on any atom is 0.225 e. The average Bonchev–Trinajstić information content (AvgIpc) is 3.52. The molecular formula is C23H36IN5O2. The van der Waals surface area contributed by atoms with Gasteiger partial charge in [-0.1, -0.05) is 25.3 Å². The first-order chi connectivity index (χ1) is 14.7. The van der Waals surface area contributed by atoms with E-state index in [1.165, 1.54) is 32.1 Å². The second-order valence-corrected chi connectivity index (χ2v) is 8.93. The Balaban J connectivity index is 0.00000272. The van der Waals surface area contributed by atoms with Crippen molar-refractivity contribution in [3.8, 4) is 5.88 Å². The first kappa shape index (κ1) is 24.1. The van der Waals surface area contributed by atoms with E-state index in [2.05, 4.69) is 20.6 Å². The minimum absolute atomic E-state index is 0. The average molecular weight is 541 g/mol. The molecular weight excluding hydrogens is 505 g/mol. The van der Waals surface area contributed by atoms with E-state index in [0.29, 0.717) is 18.3 Å². The van der Waals surface area contributed by atoms with Gasteiger partial charge in [0.2, 0.25) is 11.8 Å². The highest BCUT2D eigenvalue weighted by Crippen LogP contribution is 2.29. The molecule has 4 rings (SSSR count). The van der Waals surface area contributed by atoms with Crippen LogP contribution in [0.2, 0.25) is 0 Å². The lowest BCUT2D eigenvalue weighted by molar-refractivity contribution is -0.135. The second-order valence-electron chi connectivity index (χ2n) is 8.93. The summed E-state index contributed by atoms with van der Waals surface area (Å²) in [6.07, 6.45) is 11.2. The third kappa shape index (κ3) is 7.22. The Morgan fingerprint density at radius 1 is 1.19 bits per heavy atom. The van der Waals surface area contributed by atoms with Crippen molar-refractivity contribution in [2.75, 3.05) is 26.7 Å². The molecule has 1 aromatic rings. The number of carbonyl (C=O) groups is 1. The van der Waals surface area contributed by atoms with E-state index >= 15 is 0 Å². The number of rotatable bonds is 7. The van der Waals surface area contributed by atoms with Crippen LogP contribution in [0.15, 0.2) is 23.3 Å². The van der Waals surface area contributed by atoms with Gasteiger partial charge in [-0.05, 0) is 43.6 Å². The molecule has 3 fully saturated rings. The zero-order valence-electron chi connectivity index (χ0n) is 18.5. The first-order valence-corrected chi connectivity index (χ1v) is 11.5. The van der Waals surface area contributed by atoms with Gasteiger partial charge >= 0.3 is 0 Å². The number of amides is 1. The normalized spacial score (nSPS) is 22.0. The van der Waals surface area contributed by atoms with Gasteiger partial charge in [0.05, 0.1) is 6.61 Å². The van der Waals surface area contributed by atoms with Gasteiger partial charge in [0.1, 0.15) is 0 Å². The van der Waals surface area contributed by atoms with Gasteiger partial charge in [-0.2, -0.15) is 0 Å². The number of aromatic nitrogens is 1. The van der Waals surface area contributed by atoms with Crippen molar-refractivity contribution in [1.82, 2.24) is 20.5 Å². The zero-order valence-corrected chi connectivity index (χ0v) is 20.8. The van der Waals surface area contributed by atoms with Crippen LogP contribution >= 0.6 is 24.0 Å². The van der Waals surface area contributed by atoms with Gasteiger partial charge in [-0.15, -0.1) is 24.0 Å². The molecule has 3 aliphatic rings. The number of hydrogen-bond donors (Lipinski definition) is 2. The first-order valence-electron chi connectivity index (χ1n) is 11.5. The van der Waals surface area contributed by atoms with E-state index in [-0.39, 0.29) is 35.9 Å². The third-order valence-electron chi connectivity index (χ3n) is 6.44. The van der Waals surface area contributed by atoms with Crippen LogP contribution in [0.1, 0.15) is 56.9 Å². The van der Waals surface area contributed by atoms with Crippen LogP contribution in [0.25, 0.3) is 0 Å². The van der Waals surface area contributed by atoms with Crippen molar-refractivity contribution in [1.29, 1.82) is 0 Å². The topological polar surface area (TPSA) is 78.9 Å². The lowest BCUT2D eigenvalue weighted by Gasteiger charge is -2.26. The van der Waals surface area contributed by atoms with Crippen LogP contribution < -0.4 is 15.4 Å². The minimum Gasteiger partial charge on any atom is -0.477 e. The molecule has 1 amide bonds. The smallest absolute Gasteiger partial charge is 0.225 e. The Morgan fingerprint density at radius 3 is 2.68 bits per heavy atom. The van der Waals surface area contributed by atoms with Crippen LogP contribution in [0, 0.1) is 11.8 Å². The van der Waals surface area contributed by atoms with Gasteiger partial charge in [0.25, 0.3) is 0 Å². The van der Waals surface area contributed by atoms with E-state index in [1.54, 1.807) is 7.05 Å². The molecule has 172 valence electrons. The molecule has 8 heteroatoms. The summed E-state index contributed by atoms with van der Waals surface area (Å²) in [5, 5.41) is 6.83. The fourth-order valence-electron chi connectivity index (χ4n) is 4.35. The van der Waals surface area contributed by atoms with Crippen molar-refractivity contribution < 1.29 is 9.53 Å². The summed E-state index contributed by atoms with van der Waals surface area (Å²) in [5.41, 5.74) is 1.08. The number of nitrogens with zero attached hydrogens (tertiary/aromatic N) is 3. The lowest BCUT2D eigenvalue weighted by atomic mass is 9.88. The monoisotopic (exact) mass is 541 g/mol. The summed E-state index contributed by atoms with van der Waals surface area (Å²) >= 11 is 0. The van der Waals surface area contributed by atoms with Crippen LogP contribution in [-0.4, -0.2) is 54.5 Å². The molecule has 1 unspecified atom stereocenters. The van der Waals surface area contributed by atoms with Crippen molar-refractivity contribution >= 4 is 35.8 Å². The van der Waals surface area contributed by atoms with E-state index in [0.717, 1.165) is 56.4 Å². The molecule has 1 aliphatic heterocycles. The number of pyridine rings is 1. The predicted octanol–water partition coefficient (Wildman–Crippen LogP) is 3.33. The Bertz CT molecular complexity index is 732. The number of aliphatic imine (C=N–C) groups is 1. The van der Waals surface area contributed by atoms with Gasteiger partial charge in [0.15, 0.2) is 5.96 Å². The molecule has 1 saturated heterocycles. The Kier molecular flexibility index (Phi) is 9.22. The number of halogens is 1. The Hall–Kier alpha value is -1.58. The van der Waals surface area contributed by atoms with E-state index in [9.17, 15) is 4.79 Å². The maximum absolute atomic E-state index is 12.8. The molecule has 1 aromatic heterocycles. The number of carbonyl (C=O) groups excluding carboxylic acids is 1. The standard InChI is InChI=1S/C23H35N5O2.HI/c1-24-23(26-14-18-9-10-21(25-13-18)30-16-17-7-8-17)27-20-11-12-28(15-20)22(29)19-5-3-2-4-6-19;/h9-10,13,17,19-20H,2-8,11-12,14-16H2,1H3,(H2,24,26,27);1H. The van der Waals surface area contributed by atoms with Gasteiger partial charge in [-0.25, -0.2) is 4.98 Å².